The molecule has 126 valence electrons. The van der Waals surface area contributed by atoms with Gasteiger partial charge in [0.1, 0.15) is 6.61 Å². The second kappa shape index (κ2) is 9.54. The predicted molar refractivity (Wildman–Crippen MR) is 95.0 cm³/mol. The summed E-state index contributed by atoms with van der Waals surface area (Å²) in [6, 6.07) is 9.84. The summed E-state index contributed by atoms with van der Waals surface area (Å²) >= 11 is 0. The van der Waals surface area contributed by atoms with Crippen molar-refractivity contribution >= 4 is 5.97 Å². The molecule has 2 nitrogen and oxygen atoms in total. The van der Waals surface area contributed by atoms with E-state index in [9.17, 15) is 4.79 Å². The first-order valence-electron chi connectivity index (χ1n) is 9.08. The number of carbonyl (C=O) groups is 1. The fourth-order valence-corrected chi connectivity index (χ4v) is 3.39. The zero-order valence-electron chi connectivity index (χ0n) is 14.6. The van der Waals surface area contributed by atoms with Gasteiger partial charge in [-0.25, -0.2) is 4.79 Å². The maximum atomic E-state index is 12.1. The van der Waals surface area contributed by atoms with Crippen LogP contribution in [0.3, 0.4) is 0 Å². The van der Waals surface area contributed by atoms with Gasteiger partial charge in [-0.05, 0) is 50.0 Å². The van der Waals surface area contributed by atoms with Crippen LogP contribution in [-0.4, -0.2) is 5.97 Å². The standard InChI is InChI=1S/C21H30O2/c1-3-4-8-18-11-13-19(14-12-18)15-17(2)21(22)23-16-20-9-6-5-7-10-20/h5-7,9-10,15,18-19H,3-4,8,11-14,16H2,1-2H3. The molecule has 0 aromatic heterocycles. The second-order valence-electron chi connectivity index (χ2n) is 6.83. The lowest BCUT2D eigenvalue weighted by Crippen LogP contribution is -2.14. The molecule has 1 aromatic rings. The topological polar surface area (TPSA) is 26.3 Å². The second-order valence-corrected chi connectivity index (χ2v) is 6.83. The molecule has 1 aliphatic rings. The molecule has 0 aliphatic heterocycles. The highest BCUT2D eigenvalue weighted by Crippen LogP contribution is 2.33. The summed E-state index contributed by atoms with van der Waals surface area (Å²) < 4.78 is 5.40. The summed E-state index contributed by atoms with van der Waals surface area (Å²) in [7, 11) is 0. The molecule has 0 heterocycles. The molecule has 0 bridgehead atoms. The van der Waals surface area contributed by atoms with Gasteiger partial charge in [0.2, 0.25) is 0 Å². The number of hydrogen-bond donors (Lipinski definition) is 0. The Kier molecular flexibility index (Phi) is 7.38. The summed E-state index contributed by atoms with van der Waals surface area (Å²) in [5.41, 5.74) is 1.79. The van der Waals surface area contributed by atoms with Crippen LogP contribution >= 0.6 is 0 Å². The fraction of sp³-hybridized carbons (Fsp3) is 0.571. The average Bonchev–Trinajstić information content (AvgIpc) is 2.60. The third-order valence-corrected chi connectivity index (χ3v) is 4.88. The maximum absolute atomic E-state index is 12.1. The van der Waals surface area contributed by atoms with Crippen LogP contribution in [-0.2, 0) is 16.1 Å². The molecule has 1 fully saturated rings. The Labute approximate surface area is 140 Å². The van der Waals surface area contributed by atoms with Gasteiger partial charge in [-0.1, -0.05) is 62.6 Å². The minimum atomic E-state index is -0.179. The Balaban J connectivity index is 1.75. The minimum absolute atomic E-state index is 0.179. The first kappa shape index (κ1) is 17.8. The van der Waals surface area contributed by atoms with Crippen molar-refractivity contribution in [3.8, 4) is 0 Å². The lowest BCUT2D eigenvalue weighted by molar-refractivity contribution is -0.140. The average molecular weight is 314 g/mol. The third-order valence-electron chi connectivity index (χ3n) is 4.88. The predicted octanol–water partition coefficient (Wildman–Crippen LogP) is 5.67. The first-order valence-corrected chi connectivity index (χ1v) is 9.08. The van der Waals surface area contributed by atoms with Crippen molar-refractivity contribution in [1.82, 2.24) is 0 Å². The highest BCUT2D eigenvalue weighted by molar-refractivity contribution is 5.87. The van der Waals surface area contributed by atoms with Crippen LogP contribution in [0.25, 0.3) is 0 Å². The van der Waals surface area contributed by atoms with E-state index < -0.39 is 0 Å². The van der Waals surface area contributed by atoms with E-state index in [1.54, 1.807) is 0 Å². The van der Waals surface area contributed by atoms with Crippen LogP contribution in [0.2, 0.25) is 0 Å². The summed E-state index contributed by atoms with van der Waals surface area (Å²) in [6.45, 7) is 4.50. The molecule has 0 atom stereocenters. The van der Waals surface area contributed by atoms with Crippen LogP contribution < -0.4 is 0 Å². The number of unbranched alkanes of at least 4 members (excludes halogenated alkanes) is 1. The molecule has 1 aliphatic carbocycles. The van der Waals surface area contributed by atoms with Gasteiger partial charge in [-0.3, -0.25) is 0 Å². The van der Waals surface area contributed by atoms with E-state index in [0.717, 1.165) is 17.1 Å². The Morgan fingerprint density at radius 3 is 2.52 bits per heavy atom. The molecular weight excluding hydrogens is 284 g/mol. The van der Waals surface area contributed by atoms with Crippen LogP contribution in [0.1, 0.15) is 64.4 Å². The van der Waals surface area contributed by atoms with Crippen molar-refractivity contribution in [3.05, 3.63) is 47.5 Å². The molecule has 23 heavy (non-hydrogen) atoms. The molecule has 0 N–H and O–H groups in total. The van der Waals surface area contributed by atoms with Crippen molar-refractivity contribution in [2.75, 3.05) is 0 Å². The Morgan fingerprint density at radius 1 is 1.17 bits per heavy atom. The number of ether oxygens (including phenoxy) is 1. The largest absolute Gasteiger partial charge is 0.457 e. The molecule has 0 unspecified atom stereocenters. The molecule has 2 rings (SSSR count). The fourth-order valence-electron chi connectivity index (χ4n) is 3.39. The molecule has 0 spiro atoms. The lowest BCUT2D eigenvalue weighted by Gasteiger charge is -2.27. The van der Waals surface area contributed by atoms with E-state index in [0.29, 0.717) is 12.5 Å². The van der Waals surface area contributed by atoms with E-state index >= 15 is 0 Å². The third kappa shape index (κ3) is 6.21. The zero-order valence-corrected chi connectivity index (χ0v) is 14.6. The molecule has 0 saturated heterocycles. The first-order chi connectivity index (χ1) is 11.2. The van der Waals surface area contributed by atoms with E-state index in [1.807, 2.05) is 37.3 Å². The van der Waals surface area contributed by atoms with Gasteiger partial charge in [0.05, 0.1) is 0 Å². The molecule has 0 radical (unpaired) electrons. The summed E-state index contributed by atoms with van der Waals surface area (Å²) in [5.74, 6) is 1.28. The SMILES string of the molecule is CCCCC1CCC(C=C(C)C(=O)OCc2ccccc2)CC1. The van der Waals surface area contributed by atoms with Crippen molar-refractivity contribution in [2.24, 2.45) is 11.8 Å². The van der Waals surface area contributed by atoms with Crippen LogP contribution in [0.15, 0.2) is 42.0 Å². The summed E-state index contributed by atoms with van der Waals surface area (Å²) in [5, 5.41) is 0. The van der Waals surface area contributed by atoms with Crippen molar-refractivity contribution in [1.29, 1.82) is 0 Å². The monoisotopic (exact) mass is 314 g/mol. The van der Waals surface area contributed by atoms with Gasteiger partial charge in [0, 0.05) is 5.57 Å². The minimum Gasteiger partial charge on any atom is -0.457 e. The number of rotatable bonds is 7. The maximum Gasteiger partial charge on any atom is 0.333 e. The van der Waals surface area contributed by atoms with E-state index in [4.69, 9.17) is 4.74 Å². The van der Waals surface area contributed by atoms with Crippen LogP contribution in [0, 0.1) is 11.8 Å². The van der Waals surface area contributed by atoms with Gasteiger partial charge in [0.25, 0.3) is 0 Å². The molecule has 2 heteroatoms. The van der Waals surface area contributed by atoms with Crippen molar-refractivity contribution in [2.45, 2.75) is 65.4 Å². The Bertz CT molecular complexity index is 496. The molecule has 1 saturated carbocycles. The number of esters is 1. The molecular formula is C21H30O2. The Hall–Kier alpha value is -1.57. The molecule has 0 amide bonds. The van der Waals surface area contributed by atoms with Crippen molar-refractivity contribution in [3.63, 3.8) is 0 Å². The number of benzene rings is 1. The Morgan fingerprint density at radius 2 is 1.87 bits per heavy atom. The molecule has 1 aromatic carbocycles. The normalized spacial score (nSPS) is 21.9. The number of allylic oxidation sites excluding steroid dienone is 1. The number of hydrogen-bond acceptors (Lipinski definition) is 2. The van der Waals surface area contributed by atoms with Crippen molar-refractivity contribution < 1.29 is 9.53 Å². The lowest BCUT2D eigenvalue weighted by atomic mass is 9.79. The van der Waals surface area contributed by atoms with Gasteiger partial charge >= 0.3 is 5.97 Å². The van der Waals surface area contributed by atoms with Crippen LogP contribution in [0.4, 0.5) is 0 Å². The van der Waals surface area contributed by atoms with Gasteiger partial charge in [-0.15, -0.1) is 0 Å². The zero-order chi connectivity index (χ0) is 16.5. The summed E-state index contributed by atoms with van der Waals surface area (Å²) in [4.78, 5) is 12.1. The smallest absolute Gasteiger partial charge is 0.333 e. The highest BCUT2D eigenvalue weighted by atomic mass is 16.5. The number of carbonyl (C=O) groups excluding carboxylic acids is 1. The van der Waals surface area contributed by atoms with Gasteiger partial charge in [0.15, 0.2) is 0 Å². The van der Waals surface area contributed by atoms with E-state index in [2.05, 4.69) is 13.0 Å². The van der Waals surface area contributed by atoms with Crippen LogP contribution in [0.5, 0.6) is 0 Å². The highest BCUT2D eigenvalue weighted by Gasteiger charge is 2.20. The van der Waals surface area contributed by atoms with E-state index in [-0.39, 0.29) is 5.97 Å². The van der Waals surface area contributed by atoms with Gasteiger partial charge < -0.3 is 4.74 Å². The van der Waals surface area contributed by atoms with Gasteiger partial charge in [-0.2, -0.15) is 0 Å². The summed E-state index contributed by atoms with van der Waals surface area (Å²) in [6.07, 6.45) is 11.2. The quantitative estimate of drug-likeness (QED) is 0.478. The van der Waals surface area contributed by atoms with E-state index in [1.165, 1.54) is 44.9 Å².